The lowest BCUT2D eigenvalue weighted by atomic mass is 10.1. The van der Waals surface area contributed by atoms with Gasteiger partial charge in [-0.25, -0.2) is 4.98 Å². The van der Waals surface area contributed by atoms with Crippen molar-refractivity contribution in [3.05, 3.63) is 53.5 Å². The summed E-state index contributed by atoms with van der Waals surface area (Å²) < 4.78 is 5.99. The fourth-order valence-corrected chi connectivity index (χ4v) is 3.16. The van der Waals surface area contributed by atoms with E-state index in [9.17, 15) is 9.59 Å². The number of carbonyl (C=O) groups excluding carboxylic acids is 1. The molecule has 0 fully saturated rings. The highest BCUT2D eigenvalue weighted by atomic mass is 32.1. The van der Waals surface area contributed by atoms with Gasteiger partial charge in [0, 0.05) is 10.8 Å². The number of benzene rings is 2. The standard InChI is InChI=1S/C19H18N2O4S/c1-19(2,17(24)21-18-20-13(11-26-18)10-16(22)23)25-15-9-5-7-12-6-3-4-8-14(12)15/h3-9,11H,10H2,1-2H3,(H,22,23)(H,20,21,24). The van der Waals surface area contributed by atoms with E-state index in [0.717, 1.165) is 10.8 Å². The number of carboxylic acids is 1. The van der Waals surface area contributed by atoms with Gasteiger partial charge in [-0.2, -0.15) is 0 Å². The summed E-state index contributed by atoms with van der Waals surface area (Å²) in [4.78, 5) is 27.5. The number of amides is 1. The number of aliphatic carboxylic acids is 1. The van der Waals surface area contributed by atoms with Crippen molar-refractivity contribution in [2.75, 3.05) is 5.32 Å². The van der Waals surface area contributed by atoms with Crippen LogP contribution in [-0.2, 0) is 16.0 Å². The van der Waals surface area contributed by atoms with E-state index in [1.807, 2.05) is 42.5 Å². The van der Waals surface area contributed by atoms with Crippen LogP contribution in [0.15, 0.2) is 47.8 Å². The van der Waals surface area contributed by atoms with Gasteiger partial charge < -0.3 is 9.84 Å². The molecule has 1 heterocycles. The van der Waals surface area contributed by atoms with E-state index in [1.54, 1.807) is 19.2 Å². The molecule has 2 aromatic carbocycles. The number of carboxylic acid groups (broad SMARTS) is 1. The van der Waals surface area contributed by atoms with Crippen LogP contribution in [0.1, 0.15) is 19.5 Å². The molecule has 0 aliphatic heterocycles. The number of rotatable bonds is 6. The van der Waals surface area contributed by atoms with E-state index in [0.29, 0.717) is 16.6 Å². The second-order valence-electron chi connectivity index (χ2n) is 6.26. The van der Waals surface area contributed by atoms with Gasteiger partial charge in [0.25, 0.3) is 5.91 Å². The third-order valence-corrected chi connectivity index (χ3v) is 4.57. The molecule has 0 aliphatic carbocycles. The highest BCUT2D eigenvalue weighted by molar-refractivity contribution is 7.13. The minimum atomic E-state index is -1.14. The number of hydrogen-bond donors (Lipinski definition) is 2. The van der Waals surface area contributed by atoms with Crippen molar-refractivity contribution < 1.29 is 19.4 Å². The number of hydrogen-bond acceptors (Lipinski definition) is 5. The molecule has 0 radical (unpaired) electrons. The van der Waals surface area contributed by atoms with Gasteiger partial charge in [-0.15, -0.1) is 11.3 Å². The molecule has 3 aromatic rings. The summed E-state index contributed by atoms with van der Waals surface area (Å²) in [5.74, 6) is -0.705. The highest BCUT2D eigenvalue weighted by Crippen LogP contribution is 2.29. The SMILES string of the molecule is CC(C)(Oc1cccc2ccccc12)C(=O)Nc1nc(CC(=O)O)cs1. The van der Waals surface area contributed by atoms with Crippen LogP contribution in [-0.4, -0.2) is 27.6 Å². The molecule has 7 heteroatoms. The Morgan fingerprint density at radius 3 is 2.69 bits per heavy atom. The van der Waals surface area contributed by atoms with E-state index < -0.39 is 11.6 Å². The van der Waals surface area contributed by atoms with E-state index in [2.05, 4.69) is 10.3 Å². The van der Waals surface area contributed by atoms with Crippen LogP contribution in [0.3, 0.4) is 0 Å². The predicted octanol–water partition coefficient (Wildman–Crippen LogP) is 3.72. The molecule has 0 bridgehead atoms. The van der Waals surface area contributed by atoms with Crippen LogP contribution in [0.5, 0.6) is 5.75 Å². The van der Waals surface area contributed by atoms with Gasteiger partial charge in [0.2, 0.25) is 0 Å². The molecule has 26 heavy (non-hydrogen) atoms. The zero-order valence-corrected chi connectivity index (χ0v) is 15.2. The Balaban J connectivity index is 1.75. The molecule has 0 saturated heterocycles. The van der Waals surface area contributed by atoms with Crippen LogP contribution < -0.4 is 10.1 Å². The topological polar surface area (TPSA) is 88.5 Å². The van der Waals surface area contributed by atoms with Gasteiger partial charge in [0.15, 0.2) is 10.7 Å². The Labute approximate surface area is 154 Å². The Bertz CT molecular complexity index is 960. The molecular formula is C19H18N2O4S. The first-order chi connectivity index (χ1) is 12.3. The number of nitrogens with zero attached hydrogens (tertiary/aromatic N) is 1. The first-order valence-electron chi connectivity index (χ1n) is 7.99. The first kappa shape index (κ1) is 17.9. The molecule has 0 unspecified atom stereocenters. The summed E-state index contributed by atoms with van der Waals surface area (Å²) in [6.07, 6.45) is -0.178. The smallest absolute Gasteiger partial charge is 0.309 e. The summed E-state index contributed by atoms with van der Waals surface area (Å²) in [5.41, 5.74) is -0.728. The quantitative estimate of drug-likeness (QED) is 0.690. The maximum Gasteiger partial charge on any atom is 0.309 e. The Hall–Kier alpha value is -2.93. The molecule has 6 nitrogen and oxygen atoms in total. The average Bonchev–Trinajstić information content (AvgIpc) is 3.01. The van der Waals surface area contributed by atoms with Gasteiger partial charge in [-0.1, -0.05) is 36.4 Å². The van der Waals surface area contributed by atoms with Crippen molar-refractivity contribution in [3.63, 3.8) is 0 Å². The maximum absolute atomic E-state index is 12.6. The second kappa shape index (κ2) is 7.13. The summed E-state index contributed by atoms with van der Waals surface area (Å²) >= 11 is 1.18. The van der Waals surface area contributed by atoms with Gasteiger partial charge in [-0.05, 0) is 25.3 Å². The molecule has 0 aliphatic rings. The second-order valence-corrected chi connectivity index (χ2v) is 7.12. The number of anilines is 1. The lowest BCUT2D eigenvalue weighted by molar-refractivity contribution is -0.136. The number of fused-ring (bicyclic) bond motifs is 1. The van der Waals surface area contributed by atoms with Crippen molar-refractivity contribution in [1.29, 1.82) is 0 Å². The Morgan fingerprint density at radius 2 is 1.92 bits per heavy atom. The fraction of sp³-hybridized carbons (Fsp3) is 0.211. The lowest BCUT2D eigenvalue weighted by Crippen LogP contribution is -2.42. The number of ether oxygens (including phenoxy) is 1. The van der Waals surface area contributed by atoms with Crippen molar-refractivity contribution in [2.24, 2.45) is 0 Å². The van der Waals surface area contributed by atoms with E-state index in [-0.39, 0.29) is 12.3 Å². The molecule has 0 atom stereocenters. The molecule has 3 rings (SSSR count). The molecule has 1 amide bonds. The molecule has 0 spiro atoms. The molecule has 1 aromatic heterocycles. The van der Waals surface area contributed by atoms with Crippen LogP contribution in [0.4, 0.5) is 5.13 Å². The van der Waals surface area contributed by atoms with Crippen molar-refractivity contribution in [1.82, 2.24) is 4.98 Å². The van der Waals surface area contributed by atoms with Gasteiger partial charge >= 0.3 is 5.97 Å². The monoisotopic (exact) mass is 370 g/mol. The minimum absolute atomic E-state index is 0.178. The van der Waals surface area contributed by atoms with E-state index in [1.165, 1.54) is 11.3 Å². The third kappa shape index (κ3) is 4.00. The van der Waals surface area contributed by atoms with E-state index >= 15 is 0 Å². The number of aromatic nitrogens is 1. The number of carbonyl (C=O) groups is 2. The molecule has 0 saturated carbocycles. The summed E-state index contributed by atoms with van der Waals surface area (Å²) in [7, 11) is 0. The Morgan fingerprint density at radius 1 is 1.19 bits per heavy atom. The van der Waals surface area contributed by atoms with Crippen molar-refractivity contribution >= 4 is 39.1 Å². The minimum Gasteiger partial charge on any atom is -0.481 e. The van der Waals surface area contributed by atoms with Gasteiger partial charge in [0.05, 0.1) is 12.1 Å². The van der Waals surface area contributed by atoms with Gasteiger partial charge in [0.1, 0.15) is 5.75 Å². The van der Waals surface area contributed by atoms with Crippen LogP contribution in [0, 0.1) is 0 Å². The molecule has 2 N–H and O–H groups in total. The highest BCUT2D eigenvalue weighted by Gasteiger charge is 2.31. The van der Waals surface area contributed by atoms with Crippen molar-refractivity contribution in [2.45, 2.75) is 25.9 Å². The molecule has 134 valence electrons. The van der Waals surface area contributed by atoms with Gasteiger partial charge in [-0.3, -0.25) is 14.9 Å². The number of nitrogens with one attached hydrogen (secondary N) is 1. The maximum atomic E-state index is 12.6. The zero-order valence-electron chi connectivity index (χ0n) is 14.4. The first-order valence-corrected chi connectivity index (χ1v) is 8.87. The summed E-state index contributed by atoms with van der Waals surface area (Å²) in [6, 6.07) is 13.5. The normalized spacial score (nSPS) is 11.3. The van der Waals surface area contributed by atoms with Crippen LogP contribution in [0.2, 0.25) is 0 Å². The van der Waals surface area contributed by atoms with Crippen molar-refractivity contribution in [3.8, 4) is 5.75 Å². The average molecular weight is 370 g/mol. The predicted molar refractivity (Wildman–Crippen MR) is 101 cm³/mol. The summed E-state index contributed by atoms with van der Waals surface area (Å²) in [5, 5.41) is 15.4. The largest absolute Gasteiger partial charge is 0.481 e. The van der Waals surface area contributed by atoms with Crippen LogP contribution in [0.25, 0.3) is 10.8 Å². The summed E-state index contributed by atoms with van der Waals surface area (Å²) in [6.45, 7) is 3.35. The number of thiazole rings is 1. The zero-order chi connectivity index (χ0) is 18.7. The van der Waals surface area contributed by atoms with Crippen LogP contribution >= 0.6 is 11.3 Å². The third-order valence-electron chi connectivity index (χ3n) is 3.77. The van der Waals surface area contributed by atoms with E-state index in [4.69, 9.17) is 9.84 Å². The fourth-order valence-electron chi connectivity index (χ4n) is 2.45. The lowest BCUT2D eigenvalue weighted by Gasteiger charge is -2.25. The Kier molecular flexibility index (Phi) is 4.90. The molecular weight excluding hydrogens is 352 g/mol.